The van der Waals surface area contributed by atoms with Gasteiger partial charge in [0.25, 0.3) is 0 Å². The van der Waals surface area contributed by atoms with E-state index in [1.807, 2.05) is 17.9 Å². The Morgan fingerprint density at radius 3 is 2.87 bits per heavy atom. The smallest absolute Gasteiger partial charge is 0.0534 e. The highest BCUT2D eigenvalue weighted by atomic mass is 15.2. The molecule has 0 bridgehead atoms. The van der Waals surface area contributed by atoms with Gasteiger partial charge in [0, 0.05) is 37.9 Å². The number of aromatic nitrogens is 2. The van der Waals surface area contributed by atoms with E-state index >= 15 is 0 Å². The van der Waals surface area contributed by atoms with Gasteiger partial charge < -0.3 is 10.6 Å². The molecule has 1 aromatic heterocycles. The first-order valence-electron chi connectivity index (χ1n) is 5.55. The summed E-state index contributed by atoms with van der Waals surface area (Å²) in [5, 5.41) is 4.17. The molecule has 0 aliphatic heterocycles. The molecule has 1 aromatic rings. The first-order valence-corrected chi connectivity index (χ1v) is 5.55. The van der Waals surface area contributed by atoms with Gasteiger partial charge in [-0.1, -0.05) is 0 Å². The highest BCUT2D eigenvalue weighted by molar-refractivity contribution is 5.03. The summed E-state index contributed by atoms with van der Waals surface area (Å²) in [6.45, 7) is 2.14. The van der Waals surface area contributed by atoms with E-state index in [0.29, 0.717) is 6.04 Å². The summed E-state index contributed by atoms with van der Waals surface area (Å²) in [7, 11) is 4.12. The van der Waals surface area contributed by atoms with Crippen molar-refractivity contribution in [3.05, 3.63) is 18.0 Å². The molecular formula is C11H20N4. The third kappa shape index (κ3) is 2.79. The van der Waals surface area contributed by atoms with Gasteiger partial charge in [0.1, 0.15) is 0 Å². The Morgan fingerprint density at radius 2 is 2.33 bits per heavy atom. The van der Waals surface area contributed by atoms with Crippen molar-refractivity contribution in [1.82, 2.24) is 14.7 Å². The van der Waals surface area contributed by atoms with E-state index < -0.39 is 0 Å². The summed E-state index contributed by atoms with van der Waals surface area (Å²) in [5.74, 6) is 0.807. The number of nitrogens with two attached hydrogens (primary N) is 1. The third-order valence-electron chi connectivity index (χ3n) is 3.05. The minimum Gasteiger partial charge on any atom is -0.328 e. The average Bonchev–Trinajstić information content (AvgIpc) is 2.48. The molecule has 2 N–H and O–H groups in total. The van der Waals surface area contributed by atoms with Crippen molar-refractivity contribution in [2.24, 2.45) is 18.7 Å². The molecule has 0 spiro atoms. The number of hydrogen-bond acceptors (Lipinski definition) is 3. The maximum absolute atomic E-state index is 5.77. The molecule has 1 heterocycles. The lowest BCUT2D eigenvalue weighted by molar-refractivity contribution is 0.178. The monoisotopic (exact) mass is 208 g/mol. The summed E-state index contributed by atoms with van der Waals surface area (Å²) < 4.78 is 1.85. The van der Waals surface area contributed by atoms with Crippen molar-refractivity contribution in [3.63, 3.8) is 0 Å². The zero-order chi connectivity index (χ0) is 10.8. The third-order valence-corrected chi connectivity index (χ3v) is 3.05. The maximum Gasteiger partial charge on any atom is 0.0534 e. The number of nitrogens with zero attached hydrogens (tertiary/aromatic N) is 3. The second kappa shape index (κ2) is 4.33. The Morgan fingerprint density at radius 1 is 1.60 bits per heavy atom. The lowest BCUT2D eigenvalue weighted by atomic mass is 9.80. The van der Waals surface area contributed by atoms with E-state index in [1.54, 1.807) is 0 Å². The van der Waals surface area contributed by atoms with Crippen LogP contribution in [-0.4, -0.2) is 34.3 Å². The molecule has 1 aliphatic carbocycles. The normalized spacial score (nSPS) is 25.6. The minimum absolute atomic E-state index is 0.460. The van der Waals surface area contributed by atoms with Crippen LogP contribution in [-0.2, 0) is 13.6 Å². The summed E-state index contributed by atoms with van der Waals surface area (Å²) >= 11 is 0. The molecular weight excluding hydrogens is 188 g/mol. The van der Waals surface area contributed by atoms with Gasteiger partial charge in [0.2, 0.25) is 0 Å². The molecule has 0 unspecified atom stereocenters. The first-order chi connectivity index (χ1) is 7.13. The number of hydrogen-bond donors (Lipinski definition) is 1. The molecule has 0 saturated heterocycles. The molecule has 0 radical (unpaired) electrons. The van der Waals surface area contributed by atoms with Crippen LogP contribution in [0.15, 0.2) is 12.4 Å². The van der Waals surface area contributed by atoms with Gasteiger partial charge in [-0.05, 0) is 25.8 Å². The summed E-state index contributed by atoms with van der Waals surface area (Å²) in [4.78, 5) is 2.35. The van der Waals surface area contributed by atoms with Gasteiger partial charge in [-0.25, -0.2) is 0 Å². The fourth-order valence-electron chi connectivity index (χ4n) is 2.31. The molecule has 1 fully saturated rings. The van der Waals surface area contributed by atoms with E-state index in [4.69, 9.17) is 5.73 Å². The van der Waals surface area contributed by atoms with Gasteiger partial charge in [-0.15, -0.1) is 0 Å². The highest BCUT2D eigenvalue weighted by Crippen LogP contribution is 2.26. The molecule has 1 saturated carbocycles. The zero-order valence-corrected chi connectivity index (χ0v) is 9.56. The van der Waals surface area contributed by atoms with Crippen molar-refractivity contribution < 1.29 is 0 Å². The molecule has 1 aliphatic rings. The van der Waals surface area contributed by atoms with Crippen LogP contribution in [0.1, 0.15) is 18.4 Å². The second-order valence-corrected chi connectivity index (χ2v) is 4.82. The fraction of sp³-hybridized carbons (Fsp3) is 0.727. The van der Waals surface area contributed by atoms with Gasteiger partial charge in [-0.3, -0.25) is 4.68 Å². The van der Waals surface area contributed by atoms with Gasteiger partial charge in [0.15, 0.2) is 0 Å². The molecule has 0 amide bonds. The van der Waals surface area contributed by atoms with Crippen molar-refractivity contribution >= 4 is 0 Å². The van der Waals surface area contributed by atoms with Crippen molar-refractivity contribution in [2.45, 2.75) is 25.4 Å². The largest absolute Gasteiger partial charge is 0.328 e. The van der Waals surface area contributed by atoms with Gasteiger partial charge in [-0.2, -0.15) is 5.10 Å². The Bertz CT molecular complexity index is 314. The molecule has 0 aromatic carbocycles. The van der Waals surface area contributed by atoms with E-state index in [1.165, 1.54) is 18.4 Å². The molecule has 84 valence electrons. The Hall–Kier alpha value is -0.870. The average molecular weight is 208 g/mol. The van der Waals surface area contributed by atoms with Crippen LogP contribution < -0.4 is 5.73 Å². The fourth-order valence-corrected chi connectivity index (χ4v) is 2.31. The predicted octanol–water partition coefficient (Wildman–Crippen LogP) is 0.589. The molecule has 4 nitrogen and oxygen atoms in total. The van der Waals surface area contributed by atoms with Crippen LogP contribution in [0.3, 0.4) is 0 Å². The van der Waals surface area contributed by atoms with E-state index in [9.17, 15) is 0 Å². The minimum atomic E-state index is 0.460. The van der Waals surface area contributed by atoms with Crippen LogP contribution in [0.4, 0.5) is 0 Å². The standard InChI is InChI=1S/C11H20N4/c1-14(6-9-3-11(12)4-9)7-10-5-13-15(2)8-10/h5,8-9,11H,3-4,6-7,12H2,1-2H3. The zero-order valence-electron chi connectivity index (χ0n) is 9.56. The van der Waals surface area contributed by atoms with Crippen LogP contribution in [0.25, 0.3) is 0 Å². The summed E-state index contributed by atoms with van der Waals surface area (Å²) in [5.41, 5.74) is 7.05. The maximum atomic E-state index is 5.77. The topological polar surface area (TPSA) is 47.1 Å². The van der Waals surface area contributed by atoms with Gasteiger partial charge >= 0.3 is 0 Å². The van der Waals surface area contributed by atoms with Crippen molar-refractivity contribution in [1.29, 1.82) is 0 Å². The van der Waals surface area contributed by atoms with Crippen molar-refractivity contribution in [2.75, 3.05) is 13.6 Å². The SMILES string of the molecule is CN(Cc1cnn(C)c1)CC1CC(N)C1. The van der Waals surface area contributed by atoms with Crippen LogP contribution in [0.2, 0.25) is 0 Å². The molecule has 15 heavy (non-hydrogen) atoms. The number of rotatable bonds is 4. The lowest BCUT2D eigenvalue weighted by Crippen LogP contribution is -2.41. The van der Waals surface area contributed by atoms with E-state index in [0.717, 1.165) is 19.0 Å². The van der Waals surface area contributed by atoms with E-state index in [2.05, 4.69) is 23.2 Å². The Kier molecular flexibility index (Phi) is 3.07. The predicted molar refractivity (Wildman–Crippen MR) is 60.2 cm³/mol. The number of aryl methyl sites for hydroxylation is 1. The van der Waals surface area contributed by atoms with Gasteiger partial charge in [0.05, 0.1) is 6.20 Å². The quantitative estimate of drug-likeness (QED) is 0.787. The summed E-state index contributed by atoms with van der Waals surface area (Å²) in [6.07, 6.45) is 6.39. The first kappa shape index (κ1) is 10.6. The second-order valence-electron chi connectivity index (χ2n) is 4.82. The molecule has 2 rings (SSSR count). The lowest BCUT2D eigenvalue weighted by Gasteiger charge is -2.35. The van der Waals surface area contributed by atoms with E-state index in [-0.39, 0.29) is 0 Å². The molecule has 0 atom stereocenters. The summed E-state index contributed by atoms with van der Waals surface area (Å²) in [6, 6.07) is 0.460. The molecule has 4 heteroatoms. The van der Waals surface area contributed by atoms with Crippen molar-refractivity contribution in [3.8, 4) is 0 Å². The van der Waals surface area contributed by atoms with Crippen LogP contribution >= 0.6 is 0 Å². The Labute approximate surface area is 91.1 Å². The van der Waals surface area contributed by atoms with Crippen LogP contribution in [0.5, 0.6) is 0 Å². The Balaban J connectivity index is 1.75. The highest BCUT2D eigenvalue weighted by Gasteiger charge is 2.26. The van der Waals surface area contributed by atoms with Crippen LogP contribution in [0, 0.1) is 5.92 Å².